The molecule has 0 radical (unpaired) electrons. The summed E-state index contributed by atoms with van der Waals surface area (Å²) in [5.74, 6) is 0.820. The fraction of sp³-hybridized carbons (Fsp3) is 0.682. The van der Waals surface area contributed by atoms with Crippen molar-refractivity contribution in [2.45, 2.75) is 51.1 Å². The van der Waals surface area contributed by atoms with Gasteiger partial charge < -0.3 is 25.0 Å². The molecule has 0 bridgehead atoms. The molecule has 0 heterocycles. The summed E-state index contributed by atoms with van der Waals surface area (Å²) < 4.78 is 10.4. The molecule has 1 aliphatic rings. The molecule has 2 rings (SSSR count). The zero-order valence-electron chi connectivity index (χ0n) is 18.3. The lowest BCUT2D eigenvalue weighted by Crippen LogP contribution is -2.37. The van der Waals surface area contributed by atoms with Crippen molar-refractivity contribution in [1.29, 1.82) is 0 Å². The van der Waals surface area contributed by atoms with Crippen LogP contribution in [0.25, 0.3) is 0 Å². The van der Waals surface area contributed by atoms with Gasteiger partial charge in [0.2, 0.25) is 0 Å². The van der Waals surface area contributed by atoms with Crippen molar-refractivity contribution in [3.05, 3.63) is 29.8 Å². The quantitative estimate of drug-likeness (QED) is 0.202. The molecule has 0 saturated heterocycles. The second-order valence-corrected chi connectivity index (χ2v) is 7.38. The summed E-state index contributed by atoms with van der Waals surface area (Å²) in [7, 11) is 5.71. The first-order valence-electron chi connectivity index (χ1n) is 10.6. The van der Waals surface area contributed by atoms with Crippen LogP contribution in [0.3, 0.4) is 0 Å². The average molecular weight is 518 g/mol. The van der Waals surface area contributed by atoms with Gasteiger partial charge in [0.25, 0.3) is 0 Å². The van der Waals surface area contributed by atoms with Crippen molar-refractivity contribution >= 4 is 35.6 Å². The van der Waals surface area contributed by atoms with Gasteiger partial charge in [-0.2, -0.15) is 0 Å². The van der Waals surface area contributed by atoms with Gasteiger partial charge in [-0.05, 0) is 37.0 Å². The molecule has 7 heteroatoms. The second kappa shape index (κ2) is 15.7. The van der Waals surface area contributed by atoms with Crippen LogP contribution in [0.15, 0.2) is 29.3 Å². The molecule has 1 fully saturated rings. The van der Waals surface area contributed by atoms with E-state index < -0.39 is 0 Å². The Morgan fingerprint density at radius 1 is 1.07 bits per heavy atom. The van der Waals surface area contributed by atoms with Crippen molar-refractivity contribution in [3.8, 4) is 0 Å². The van der Waals surface area contributed by atoms with Crippen LogP contribution < -0.4 is 15.5 Å². The van der Waals surface area contributed by atoms with E-state index in [1.807, 2.05) is 0 Å². The zero-order chi connectivity index (χ0) is 20.0. The largest absolute Gasteiger partial charge is 0.382 e. The smallest absolute Gasteiger partial charge is 0.191 e. The number of nitrogens with zero attached hydrogens (tertiary/aromatic N) is 2. The number of hydrogen-bond acceptors (Lipinski definition) is 4. The topological polar surface area (TPSA) is 58.1 Å². The van der Waals surface area contributed by atoms with Crippen LogP contribution in [-0.2, 0) is 16.0 Å². The third-order valence-electron chi connectivity index (χ3n) is 5.34. The summed E-state index contributed by atoms with van der Waals surface area (Å²) in [6.45, 7) is 3.61. The predicted octanol–water partition coefficient (Wildman–Crippen LogP) is 3.79. The van der Waals surface area contributed by atoms with Crippen LogP contribution in [0.5, 0.6) is 0 Å². The first-order chi connectivity index (χ1) is 13.7. The van der Waals surface area contributed by atoms with Crippen LogP contribution in [0.1, 0.15) is 44.1 Å². The van der Waals surface area contributed by atoms with Crippen LogP contribution in [0, 0.1) is 0 Å². The average Bonchev–Trinajstić information content (AvgIpc) is 2.75. The Balaban J connectivity index is 0.00000420. The van der Waals surface area contributed by atoms with E-state index in [4.69, 9.17) is 9.47 Å². The second-order valence-electron chi connectivity index (χ2n) is 7.38. The Kier molecular flexibility index (Phi) is 14.1. The predicted molar refractivity (Wildman–Crippen MR) is 133 cm³/mol. The molecule has 1 aliphatic carbocycles. The van der Waals surface area contributed by atoms with Gasteiger partial charge in [0.05, 0.1) is 13.2 Å². The molecule has 0 aromatic heterocycles. The Labute approximate surface area is 193 Å². The Morgan fingerprint density at radius 2 is 1.79 bits per heavy atom. The summed E-state index contributed by atoms with van der Waals surface area (Å²) in [5.41, 5.74) is 2.57. The molecular formula is C22H39IN4O2. The number of nitrogens with one attached hydrogen (secondary N) is 2. The molecule has 0 spiro atoms. The molecule has 1 aromatic carbocycles. The van der Waals surface area contributed by atoms with Gasteiger partial charge in [0.15, 0.2) is 5.96 Å². The van der Waals surface area contributed by atoms with Gasteiger partial charge in [0, 0.05) is 52.6 Å². The standard InChI is InChI=1S/C22H38N4O2.HI/c1-23-22(24-14-7-15-28-17-16-27-3)25-18-19-10-12-21(13-11-19)26(2)20-8-5-4-6-9-20;/h10-13,20H,4-9,14-18H2,1-3H3,(H2,23,24,25);1H. The Bertz CT molecular complexity index is 562. The van der Waals surface area contributed by atoms with Crippen molar-refractivity contribution in [2.24, 2.45) is 4.99 Å². The van der Waals surface area contributed by atoms with Gasteiger partial charge in [-0.3, -0.25) is 4.99 Å². The fourth-order valence-electron chi connectivity index (χ4n) is 3.56. The molecule has 0 unspecified atom stereocenters. The molecule has 1 saturated carbocycles. The van der Waals surface area contributed by atoms with Gasteiger partial charge >= 0.3 is 0 Å². The third kappa shape index (κ3) is 10.00. The van der Waals surface area contributed by atoms with Crippen LogP contribution in [0.2, 0.25) is 0 Å². The van der Waals surface area contributed by atoms with E-state index in [0.717, 1.165) is 32.1 Å². The number of ether oxygens (including phenoxy) is 2. The maximum Gasteiger partial charge on any atom is 0.191 e. The highest BCUT2D eigenvalue weighted by Gasteiger charge is 2.18. The number of hydrogen-bond donors (Lipinski definition) is 2. The minimum atomic E-state index is 0. The summed E-state index contributed by atoms with van der Waals surface area (Å²) >= 11 is 0. The summed E-state index contributed by atoms with van der Waals surface area (Å²) in [6.07, 6.45) is 7.70. The Hall–Kier alpha value is -1.06. The Morgan fingerprint density at radius 3 is 2.45 bits per heavy atom. The monoisotopic (exact) mass is 518 g/mol. The van der Waals surface area contributed by atoms with Crippen molar-refractivity contribution in [3.63, 3.8) is 0 Å². The lowest BCUT2D eigenvalue weighted by molar-refractivity contribution is 0.0698. The van der Waals surface area contributed by atoms with Gasteiger partial charge in [0.1, 0.15) is 0 Å². The van der Waals surface area contributed by atoms with E-state index in [1.165, 1.54) is 43.4 Å². The van der Waals surface area contributed by atoms with Crippen LogP contribution >= 0.6 is 24.0 Å². The molecule has 29 heavy (non-hydrogen) atoms. The van der Waals surface area contributed by atoms with Gasteiger partial charge in [-0.15, -0.1) is 24.0 Å². The lowest BCUT2D eigenvalue weighted by Gasteiger charge is -2.33. The molecule has 0 atom stereocenters. The van der Waals surface area contributed by atoms with E-state index in [0.29, 0.717) is 19.3 Å². The molecule has 0 aliphatic heterocycles. The molecular weight excluding hydrogens is 479 g/mol. The highest BCUT2D eigenvalue weighted by molar-refractivity contribution is 14.0. The summed E-state index contributed by atoms with van der Waals surface area (Å²) in [6, 6.07) is 9.58. The van der Waals surface area contributed by atoms with E-state index in [-0.39, 0.29) is 24.0 Å². The first kappa shape index (κ1) is 26.0. The first-order valence-corrected chi connectivity index (χ1v) is 10.6. The van der Waals surface area contributed by atoms with E-state index in [2.05, 4.69) is 51.8 Å². The zero-order valence-corrected chi connectivity index (χ0v) is 20.6. The van der Waals surface area contributed by atoms with Crippen LogP contribution in [0.4, 0.5) is 5.69 Å². The van der Waals surface area contributed by atoms with Gasteiger partial charge in [-0.1, -0.05) is 31.4 Å². The van der Waals surface area contributed by atoms with Crippen molar-refractivity contribution < 1.29 is 9.47 Å². The van der Waals surface area contributed by atoms with Crippen molar-refractivity contribution in [2.75, 3.05) is 52.5 Å². The third-order valence-corrected chi connectivity index (χ3v) is 5.34. The van der Waals surface area contributed by atoms with E-state index in [1.54, 1.807) is 14.2 Å². The number of rotatable bonds is 11. The number of benzene rings is 1. The number of anilines is 1. The number of methoxy groups -OCH3 is 1. The normalized spacial score (nSPS) is 14.9. The molecule has 2 N–H and O–H groups in total. The number of aliphatic imine (C=N–C) groups is 1. The SMILES string of the molecule is CN=C(NCCCOCCOC)NCc1ccc(N(C)C2CCCCC2)cc1.I. The number of guanidine groups is 1. The maximum absolute atomic E-state index is 5.46. The van der Waals surface area contributed by atoms with E-state index in [9.17, 15) is 0 Å². The highest BCUT2D eigenvalue weighted by Crippen LogP contribution is 2.26. The summed E-state index contributed by atoms with van der Waals surface area (Å²) in [5, 5.41) is 6.70. The van der Waals surface area contributed by atoms with Crippen molar-refractivity contribution in [1.82, 2.24) is 10.6 Å². The lowest BCUT2D eigenvalue weighted by atomic mass is 9.94. The van der Waals surface area contributed by atoms with E-state index >= 15 is 0 Å². The highest BCUT2D eigenvalue weighted by atomic mass is 127. The minimum Gasteiger partial charge on any atom is -0.382 e. The number of halogens is 1. The summed E-state index contributed by atoms with van der Waals surface area (Å²) in [4.78, 5) is 6.73. The molecule has 166 valence electrons. The minimum absolute atomic E-state index is 0. The fourth-order valence-corrected chi connectivity index (χ4v) is 3.56. The van der Waals surface area contributed by atoms with Gasteiger partial charge in [-0.25, -0.2) is 0 Å². The molecule has 6 nitrogen and oxygen atoms in total. The van der Waals surface area contributed by atoms with Crippen LogP contribution in [-0.4, -0.2) is 59.6 Å². The molecule has 1 aromatic rings. The molecule has 0 amide bonds. The maximum atomic E-state index is 5.46.